The molecule has 0 atom stereocenters. The molecule has 1 heterocycles. The van der Waals surface area contributed by atoms with Gasteiger partial charge in [-0.15, -0.1) is 0 Å². The number of aromatic nitrogens is 1. The lowest BCUT2D eigenvalue weighted by molar-refractivity contribution is 0.361. The van der Waals surface area contributed by atoms with Crippen molar-refractivity contribution >= 4 is 11.8 Å². The summed E-state index contributed by atoms with van der Waals surface area (Å²) in [5.41, 5.74) is 5.94. The molecule has 1 aromatic heterocycles. The predicted molar refractivity (Wildman–Crippen MR) is 88.4 cm³/mol. The lowest BCUT2D eigenvalue weighted by atomic mass is 9.96. The summed E-state index contributed by atoms with van der Waals surface area (Å²) in [5, 5.41) is 0. The number of rotatable bonds is 3. The molecule has 0 bridgehead atoms. The van der Waals surface area contributed by atoms with E-state index in [2.05, 4.69) is 37.3 Å². The van der Waals surface area contributed by atoms with E-state index < -0.39 is 0 Å². The maximum absolute atomic E-state index is 5.68. The first-order valence-electron chi connectivity index (χ1n) is 7.15. The lowest BCUT2D eigenvalue weighted by Gasteiger charge is -2.15. The van der Waals surface area contributed by atoms with Crippen LogP contribution in [-0.2, 0) is 4.74 Å². The second-order valence-electron chi connectivity index (χ2n) is 5.26. The highest BCUT2D eigenvalue weighted by Crippen LogP contribution is 2.40. The molecule has 0 aliphatic heterocycles. The van der Waals surface area contributed by atoms with Gasteiger partial charge in [0.1, 0.15) is 29.1 Å². The highest BCUT2D eigenvalue weighted by molar-refractivity contribution is 5.85. The van der Waals surface area contributed by atoms with Gasteiger partial charge in [-0.05, 0) is 13.8 Å². The van der Waals surface area contributed by atoms with Gasteiger partial charge in [-0.3, -0.25) is 0 Å². The molecule has 1 aliphatic carbocycles. The Balaban J connectivity index is 2.29. The largest absolute Gasteiger partial charge is 0.491 e. The number of benzene rings is 1. The number of hydrogen-bond acceptors (Lipinski definition) is 3. The summed E-state index contributed by atoms with van der Waals surface area (Å²) >= 11 is 0. The van der Waals surface area contributed by atoms with Gasteiger partial charge in [0.2, 0.25) is 5.76 Å². The van der Waals surface area contributed by atoms with Gasteiger partial charge in [0, 0.05) is 11.6 Å². The van der Waals surface area contributed by atoms with E-state index in [-0.39, 0.29) is 0 Å². The topological polar surface area (TPSA) is 31.4 Å². The van der Waals surface area contributed by atoms with Crippen molar-refractivity contribution in [2.75, 3.05) is 14.2 Å². The average molecular weight is 292 g/mol. The molecule has 22 heavy (non-hydrogen) atoms. The molecule has 3 heteroatoms. The number of hydrogen-bond donors (Lipinski definition) is 0. The summed E-state index contributed by atoms with van der Waals surface area (Å²) in [6.45, 7) is 4.06. The van der Waals surface area contributed by atoms with Crippen LogP contribution in [0.5, 0.6) is 5.75 Å². The van der Waals surface area contributed by atoms with E-state index in [4.69, 9.17) is 14.5 Å². The number of nitrogens with zero attached hydrogens (tertiary/aromatic N) is 1. The van der Waals surface area contributed by atoms with Gasteiger partial charge in [0.25, 0.3) is 0 Å². The minimum Gasteiger partial charge on any atom is -0.491 e. The molecular weight excluding hydrogens is 274 g/mol. The van der Waals surface area contributed by atoms with Crippen molar-refractivity contribution in [3.8, 4) is 17.0 Å². The highest BCUT2D eigenvalue weighted by atomic mass is 16.5. The van der Waals surface area contributed by atoms with Crippen LogP contribution in [-0.4, -0.2) is 19.2 Å². The summed E-state index contributed by atoms with van der Waals surface area (Å²) < 4.78 is 11.2. The van der Waals surface area contributed by atoms with E-state index in [0.717, 1.165) is 39.6 Å². The van der Waals surface area contributed by atoms with Crippen molar-refractivity contribution in [2.24, 2.45) is 0 Å². The van der Waals surface area contributed by atoms with Gasteiger partial charge < -0.3 is 9.47 Å². The fraction of sp³-hybridized carbons (Fsp3) is 0.211. The first-order valence-corrected chi connectivity index (χ1v) is 7.15. The summed E-state index contributed by atoms with van der Waals surface area (Å²) in [5.74, 6) is 1.48. The molecule has 0 spiro atoms. The molecule has 3 nitrogen and oxygen atoms in total. The van der Waals surface area contributed by atoms with E-state index >= 15 is 0 Å². The summed E-state index contributed by atoms with van der Waals surface area (Å²) in [4.78, 5) is 4.75. The fourth-order valence-electron chi connectivity index (χ4n) is 2.66. The van der Waals surface area contributed by atoms with Gasteiger partial charge in [0.05, 0.1) is 14.2 Å². The Kier molecular flexibility index (Phi) is 3.66. The summed E-state index contributed by atoms with van der Waals surface area (Å²) in [7, 11) is 3.32. The third kappa shape index (κ3) is 2.26. The Bertz CT molecular complexity index is 771. The van der Waals surface area contributed by atoms with Crippen LogP contribution in [0.4, 0.5) is 0 Å². The zero-order valence-electron chi connectivity index (χ0n) is 13.2. The van der Waals surface area contributed by atoms with Crippen LogP contribution in [0.2, 0.25) is 0 Å². The van der Waals surface area contributed by atoms with Crippen molar-refractivity contribution in [1.29, 1.82) is 0 Å². The molecule has 0 amide bonds. The van der Waals surface area contributed by atoms with Crippen LogP contribution < -0.4 is 4.74 Å². The molecule has 3 rings (SSSR count). The zero-order valence-corrected chi connectivity index (χ0v) is 13.2. The highest BCUT2D eigenvalue weighted by Gasteiger charge is 2.30. The molecule has 110 valence electrons. The average Bonchev–Trinajstić information content (AvgIpc) is 2.55. The van der Waals surface area contributed by atoms with E-state index in [1.54, 1.807) is 14.2 Å². The smallest absolute Gasteiger partial charge is 0.245 e. The first kappa shape index (κ1) is 14.3. The number of aryl methyl sites for hydroxylation is 2. The molecular formula is C19H18NO2+. The standard InChI is InChI=1S/C19H18NO2/c1-12-8-10-14(11-9-12)18-19(22-4)17-15(13(2)20-18)6-5-7-16(17)21-3/h6-11H,1-4H3/q+1. The van der Waals surface area contributed by atoms with Gasteiger partial charge >= 0.3 is 0 Å². The second kappa shape index (κ2) is 5.63. The summed E-state index contributed by atoms with van der Waals surface area (Å²) in [6.07, 6.45) is 6.83. The van der Waals surface area contributed by atoms with Crippen LogP contribution in [0.15, 0.2) is 30.3 Å². The minimum absolute atomic E-state index is 0.732. The molecule has 0 saturated carbocycles. The maximum atomic E-state index is 5.68. The van der Waals surface area contributed by atoms with Crippen molar-refractivity contribution < 1.29 is 9.47 Å². The third-order valence-electron chi connectivity index (χ3n) is 3.82. The molecule has 0 fully saturated rings. The van der Waals surface area contributed by atoms with E-state index in [1.807, 2.05) is 19.1 Å². The molecule has 1 aromatic carbocycles. The first-order chi connectivity index (χ1) is 10.7. The number of pyridine rings is 1. The lowest BCUT2D eigenvalue weighted by Crippen LogP contribution is -2.06. The maximum Gasteiger partial charge on any atom is 0.245 e. The molecule has 2 aromatic rings. The van der Waals surface area contributed by atoms with Crippen molar-refractivity contribution in [1.82, 2.24) is 4.98 Å². The normalized spacial score (nSPS) is 12.3. The monoisotopic (exact) mass is 292 g/mol. The van der Waals surface area contributed by atoms with Crippen LogP contribution in [0.3, 0.4) is 0 Å². The molecule has 0 saturated heterocycles. The van der Waals surface area contributed by atoms with Crippen LogP contribution in [0.25, 0.3) is 23.1 Å². The predicted octanol–water partition coefficient (Wildman–Crippen LogP) is 4.19. The Labute approximate surface area is 130 Å². The van der Waals surface area contributed by atoms with Crippen LogP contribution in [0.1, 0.15) is 22.4 Å². The number of methoxy groups -OCH3 is 2. The number of ether oxygens (including phenoxy) is 2. The SMILES string of the molecule is COC1=C[C+]=Cc2c(C)nc(-c3ccc(C)cc3)c(OC)c21. The molecule has 0 unspecified atom stereocenters. The molecule has 0 N–H and O–H groups in total. The van der Waals surface area contributed by atoms with Gasteiger partial charge in [-0.2, -0.15) is 0 Å². The number of fused-ring (bicyclic) bond motifs is 1. The fourth-order valence-corrected chi connectivity index (χ4v) is 2.66. The Morgan fingerprint density at radius 2 is 1.73 bits per heavy atom. The van der Waals surface area contributed by atoms with Crippen molar-refractivity contribution in [3.63, 3.8) is 0 Å². The summed E-state index contributed by atoms with van der Waals surface area (Å²) in [6, 6.07) is 8.28. The Morgan fingerprint density at radius 3 is 2.36 bits per heavy atom. The van der Waals surface area contributed by atoms with Gasteiger partial charge in [-0.1, -0.05) is 29.8 Å². The van der Waals surface area contributed by atoms with E-state index in [1.165, 1.54) is 5.56 Å². The molecule has 1 aliphatic rings. The second-order valence-corrected chi connectivity index (χ2v) is 5.26. The molecule has 0 radical (unpaired) electrons. The van der Waals surface area contributed by atoms with Gasteiger partial charge in [0.15, 0.2) is 11.3 Å². The Morgan fingerprint density at radius 1 is 1.00 bits per heavy atom. The van der Waals surface area contributed by atoms with Gasteiger partial charge in [-0.25, -0.2) is 4.98 Å². The van der Waals surface area contributed by atoms with Crippen LogP contribution >= 0.6 is 0 Å². The zero-order chi connectivity index (χ0) is 15.7. The van der Waals surface area contributed by atoms with Crippen molar-refractivity contribution in [3.05, 3.63) is 58.8 Å². The van der Waals surface area contributed by atoms with Crippen LogP contribution in [0, 0.1) is 19.9 Å². The minimum atomic E-state index is 0.732. The Hall–Kier alpha value is -2.64. The third-order valence-corrected chi connectivity index (χ3v) is 3.82. The van der Waals surface area contributed by atoms with Crippen molar-refractivity contribution in [2.45, 2.75) is 13.8 Å². The number of allylic oxidation sites excluding steroid dienone is 2. The van der Waals surface area contributed by atoms with E-state index in [9.17, 15) is 0 Å². The quantitative estimate of drug-likeness (QED) is 0.795. The van der Waals surface area contributed by atoms with E-state index in [0.29, 0.717) is 0 Å².